The number of rotatable bonds is 4. The minimum Gasteiger partial charge on any atom is -0.266 e. The molecule has 1 aliphatic carbocycles. The Kier molecular flexibility index (Phi) is 3.38. The van der Waals surface area contributed by atoms with Gasteiger partial charge in [-0.15, -0.1) is 11.3 Å². The summed E-state index contributed by atoms with van der Waals surface area (Å²) in [6.45, 7) is 1.99. The fourth-order valence-electron chi connectivity index (χ4n) is 2.51. The third-order valence-corrected chi connectivity index (χ3v) is 4.31. The summed E-state index contributed by atoms with van der Waals surface area (Å²) in [4.78, 5) is 27.3. The molecule has 1 fully saturated rings. The first-order chi connectivity index (χ1) is 11.2. The van der Waals surface area contributed by atoms with E-state index in [1.807, 2.05) is 6.92 Å². The van der Waals surface area contributed by atoms with Crippen molar-refractivity contribution >= 4 is 29.0 Å². The van der Waals surface area contributed by atoms with Crippen LogP contribution >= 0.6 is 11.3 Å². The maximum atomic E-state index is 13.1. The molecule has 0 saturated heterocycles. The van der Waals surface area contributed by atoms with Crippen molar-refractivity contribution in [1.82, 2.24) is 25.1 Å². The van der Waals surface area contributed by atoms with E-state index >= 15 is 0 Å². The fourth-order valence-corrected chi connectivity index (χ4v) is 3.03. The molecular weight excluding hydrogens is 312 g/mol. The van der Waals surface area contributed by atoms with E-state index in [1.54, 1.807) is 17.1 Å². The number of nitrogens with zero attached hydrogens (tertiary/aromatic N) is 5. The van der Waals surface area contributed by atoms with Crippen LogP contribution in [-0.2, 0) is 0 Å². The van der Waals surface area contributed by atoms with Gasteiger partial charge in [0.1, 0.15) is 12.0 Å². The van der Waals surface area contributed by atoms with Crippen molar-refractivity contribution in [3.63, 3.8) is 0 Å². The number of anilines is 2. The van der Waals surface area contributed by atoms with Crippen LogP contribution in [0, 0.1) is 6.92 Å². The van der Waals surface area contributed by atoms with Crippen LogP contribution in [0.3, 0.4) is 0 Å². The molecule has 23 heavy (non-hydrogen) atoms. The smallest absolute Gasteiger partial charge is 0.266 e. The van der Waals surface area contributed by atoms with Crippen LogP contribution in [0.25, 0.3) is 0 Å². The van der Waals surface area contributed by atoms with Crippen molar-refractivity contribution < 1.29 is 4.79 Å². The second kappa shape index (κ2) is 5.54. The Morgan fingerprint density at radius 3 is 2.87 bits per heavy atom. The first-order valence-corrected chi connectivity index (χ1v) is 8.23. The van der Waals surface area contributed by atoms with Gasteiger partial charge in [0, 0.05) is 11.6 Å². The van der Waals surface area contributed by atoms with Crippen molar-refractivity contribution in [2.75, 3.05) is 4.90 Å². The van der Waals surface area contributed by atoms with Gasteiger partial charge in [-0.3, -0.25) is 9.78 Å². The molecule has 1 saturated carbocycles. The summed E-state index contributed by atoms with van der Waals surface area (Å²) in [6, 6.07) is 2.05. The molecule has 0 aliphatic heterocycles. The van der Waals surface area contributed by atoms with Gasteiger partial charge in [0.2, 0.25) is 5.95 Å². The highest BCUT2D eigenvalue weighted by molar-refractivity contribution is 7.07. The third-order valence-electron chi connectivity index (χ3n) is 3.74. The van der Waals surface area contributed by atoms with Gasteiger partial charge in [-0.05, 0) is 36.8 Å². The van der Waals surface area contributed by atoms with E-state index in [9.17, 15) is 4.79 Å². The Morgan fingerprint density at radius 1 is 1.35 bits per heavy atom. The number of thiazole rings is 1. The first-order valence-electron chi connectivity index (χ1n) is 7.28. The van der Waals surface area contributed by atoms with Gasteiger partial charge >= 0.3 is 0 Å². The van der Waals surface area contributed by atoms with E-state index in [2.05, 4.69) is 31.2 Å². The van der Waals surface area contributed by atoms with Crippen molar-refractivity contribution in [2.45, 2.75) is 25.7 Å². The number of aromatic nitrogens is 5. The molecule has 1 amide bonds. The lowest BCUT2D eigenvalue weighted by atomic mass is 10.1. The monoisotopic (exact) mass is 326 g/mol. The van der Waals surface area contributed by atoms with E-state index in [0.29, 0.717) is 23.4 Å². The highest BCUT2D eigenvalue weighted by atomic mass is 32.1. The molecule has 0 aromatic carbocycles. The van der Waals surface area contributed by atoms with Crippen molar-refractivity contribution in [1.29, 1.82) is 0 Å². The molecule has 0 spiro atoms. The lowest BCUT2D eigenvalue weighted by molar-refractivity contribution is 0.0991. The molecule has 3 heterocycles. The zero-order valence-electron chi connectivity index (χ0n) is 12.4. The number of pyridine rings is 1. The molecule has 0 bridgehead atoms. The summed E-state index contributed by atoms with van der Waals surface area (Å²) < 4.78 is 0. The van der Waals surface area contributed by atoms with Crippen LogP contribution in [0.1, 0.15) is 40.4 Å². The molecule has 3 aromatic rings. The van der Waals surface area contributed by atoms with Gasteiger partial charge in [0.25, 0.3) is 5.91 Å². The normalized spacial score (nSPS) is 14.0. The standard InChI is InChI=1S/C15H14N6OS/c1-9-4-11(10-2-3-10)13(16-5-9)14(22)21(12-6-23-8-18-12)15-17-7-19-20-15/h4-8,10H,2-3H2,1H3,(H,17,19,20). The van der Waals surface area contributed by atoms with Crippen molar-refractivity contribution in [3.8, 4) is 0 Å². The number of amides is 1. The predicted octanol–water partition coefficient (Wildman–Crippen LogP) is 2.82. The van der Waals surface area contributed by atoms with Crippen LogP contribution < -0.4 is 4.90 Å². The number of carbonyl (C=O) groups is 1. The predicted molar refractivity (Wildman–Crippen MR) is 85.9 cm³/mol. The zero-order valence-corrected chi connectivity index (χ0v) is 13.2. The van der Waals surface area contributed by atoms with E-state index in [4.69, 9.17) is 0 Å². The van der Waals surface area contributed by atoms with Gasteiger partial charge in [-0.1, -0.05) is 6.07 Å². The molecule has 8 heteroatoms. The molecule has 1 N–H and O–H groups in total. The average Bonchev–Trinajstić information content (AvgIpc) is 3.01. The average molecular weight is 326 g/mol. The van der Waals surface area contributed by atoms with Gasteiger partial charge < -0.3 is 0 Å². The summed E-state index contributed by atoms with van der Waals surface area (Å²) in [6.07, 6.45) is 5.29. The summed E-state index contributed by atoms with van der Waals surface area (Å²) in [5, 5.41) is 8.37. The van der Waals surface area contributed by atoms with Gasteiger partial charge in [-0.25, -0.2) is 15.0 Å². The fraction of sp³-hybridized carbons (Fsp3) is 0.267. The molecular formula is C15H14N6OS. The summed E-state index contributed by atoms with van der Waals surface area (Å²) in [5.74, 6) is 1.04. The number of aromatic amines is 1. The van der Waals surface area contributed by atoms with Crippen LogP contribution in [0.5, 0.6) is 0 Å². The van der Waals surface area contributed by atoms with E-state index in [-0.39, 0.29) is 5.91 Å². The molecule has 0 atom stereocenters. The third kappa shape index (κ3) is 2.61. The molecule has 116 valence electrons. The second-order valence-electron chi connectivity index (χ2n) is 5.52. The topological polar surface area (TPSA) is 87.7 Å². The van der Waals surface area contributed by atoms with Gasteiger partial charge in [0.15, 0.2) is 5.82 Å². The van der Waals surface area contributed by atoms with Gasteiger partial charge in [-0.2, -0.15) is 10.1 Å². The Balaban J connectivity index is 1.80. The number of H-pyrrole nitrogens is 1. The quantitative estimate of drug-likeness (QED) is 0.796. The number of carbonyl (C=O) groups excluding carboxylic acids is 1. The molecule has 7 nitrogen and oxygen atoms in total. The maximum absolute atomic E-state index is 13.1. The zero-order chi connectivity index (χ0) is 15.8. The lowest BCUT2D eigenvalue weighted by Crippen LogP contribution is -2.29. The molecule has 4 rings (SSSR count). The number of hydrogen-bond acceptors (Lipinski definition) is 6. The number of hydrogen-bond donors (Lipinski definition) is 1. The molecule has 0 radical (unpaired) electrons. The van der Waals surface area contributed by atoms with E-state index < -0.39 is 0 Å². The van der Waals surface area contributed by atoms with Crippen LogP contribution in [0.15, 0.2) is 29.5 Å². The van der Waals surface area contributed by atoms with Crippen LogP contribution in [0.4, 0.5) is 11.8 Å². The van der Waals surface area contributed by atoms with E-state index in [0.717, 1.165) is 24.0 Å². The number of aryl methyl sites for hydroxylation is 1. The minimum atomic E-state index is -0.241. The Bertz CT molecular complexity index is 792. The summed E-state index contributed by atoms with van der Waals surface area (Å²) in [5.41, 5.74) is 4.21. The first kappa shape index (κ1) is 14.0. The Hall–Kier alpha value is -2.61. The van der Waals surface area contributed by atoms with Crippen LogP contribution in [-0.4, -0.2) is 31.1 Å². The van der Waals surface area contributed by atoms with Crippen molar-refractivity contribution in [2.24, 2.45) is 0 Å². The Morgan fingerprint density at radius 2 is 2.22 bits per heavy atom. The van der Waals surface area contributed by atoms with Crippen molar-refractivity contribution in [3.05, 3.63) is 46.3 Å². The summed E-state index contributed by atoms with van der Waals surface area (Å²) in [7, 11) is 0. The SMILES string of the molecule is Cc1cnc(C(=O)N(c2cscn2)c2ncn[nH]2)c(C2CC2)c1. The molecule has 1 aliphatic rings. The highest BCUT2D eigenvalue weighted by Crippen LogP contribution is 2.42. The van der Waals surface area contributed by atoms with E-state index in [1.165, 1.54) is 22.6 Å². The highest BCUT2D eigenvalue weighted by Gasteiger charge is 2.33. The Labute approximate surface area is 136 Å². The van der Waals surface area contributed by atoms with Gasteiger partial charge in [0.05, 0.1) is 5.51 Å². The lowest BCUT2D eigenvalue weighted by Gasteiger charge is -2.18. The molecule has 3 aromatic heterocycles. The minimum absolute atomic E-state index is 0.241. The maximum Gasteiger partial charge on any atom is 0.285 e. The molecule has 0 unspecified atom stereocenters. The number of nitrogens with one attached hydrogen (secondary N) is 1. The second-order valence-corrected chi connectivity index (χ2v) is 6.24. The van der Waals surface area contributed by atoms with Crippen LogP contribution in [0.2, 0.25) is 0 Å². The summed E-state index contributed by atoms with van der Waals surface area (Å²) >= 11 is 1.42. The largest absolute Gasteiger partial charge is 0.285 e.